The van der Waals surface area contributed by atoms with Crippen molar-refractivity contribution in [3.63, 3.8) is 0 Å². The van der Waals surface area contributed by atoms with Crippen LogP contribution in [0.25, 0.3) is 27.8 Å². The number of aromatic nitrogens is 3. The molecule has 2 aliphatic heterocycles. The second-order valence-electron chi connectivity index (χ2n) is 17.0. The summed E-state index contributed by atoms with van der Waals surface area (Å²) in [5.41, 5.74) is 1.12. The number of fused-ring (bicyclic) bond motifs is 5. The molecule has 9 rings (SSSR count). The molecule has 2 aromatic carbocycles. The number of carbonyl (C=O) groups excluding carboxylic acids is 4. The smallest absolute Gasteiger partial charge is 0.408 e. The van der Waals surface area contributed by atoms with Crippen LogP contribution in [0, 0.1) is 5.92 Å². The van der Waals surface area contributed by atoms with Crippen LogP contribution in [0.5, 0.6) is 11.6 Å². The Morgan fingerprint density at radius 2 is 1.70 bits per heavy atom. The molecule has 322 valence electrons. The van der Waals surface area contributed by atoms with Crippen molar-refractivity contribution in [2.75, 3.05) is 13.7 Å². The predicted molar refractivity (Wildman–Crippen MR) is 224 cm³/mol. The summed E-state index contributed by atoms with van der Waals surface area (Å²) in [7, 11) is -2.32. The summed E-state index contributed by atoms with van der Waals surface area (Å²) in [5, 5.41) is 10.7. The van der Waals surface area contributed by atoms with Crippen molar-refractivity contribution in [2.24, 2.45) is 5.92 Å². The standard InChI is InChI=1S/C44H51N7O9S/c1-58-29-19-17-27(18-20-29)36-24-38(51-39(45-36)33-14-9-10-15-34(33)48-51)59-31-23-37-40(52)47-44(42(54)49-61(56,57)32-21-22-32)25-28(44)11-5-3-2-4-6-16-35(41(53)50(37)26-31)46-43(55)60-30-12-7-8-13-30/h5,9-11,14-15,17-20,24,28,30-32,35,37H,2-4,6-8,12-13,16,21-23,25-26H2,1H3,(H,46,55)(H,47,52)(H,49,54)/b11-5-/t28-,31-,35-,37+,44-/m1/s1. The molecule has 5 aliphatic rings. The average molecular weight is 854 g/mol. The monoisotopic (exact) mass is 853 g/mol. The van der Waals surface area contributed by atoms with E-state index in [9.17, 15) is 27.6 Å². The molecule has 4 amide bonds. The Bertz CT molecular complexity index is 2480. The minimum absolute atomic E-state index is 0.0257. The minimum Gasteiger partial charge on any atom is -0.497 e. The van der Waals surface area contributed by atoms with Gasteiger partial charge < -0.3 is 29.7 Å². The molecular weight excluding hydrogens is 803 g/mol. The molecule has 0 bridgehead atoms. The topological polar surface area (TPSA) is 200 Å². The molecule has 5 atom stereocenters. The number of benzene rings is 2. The zero-order valence-electron chi connectivity index (χ0n) is 34.1. The van der Waals surface area contributed by atoms with Gasteiger partial charge in [-0.2, -0.15) is 9.61 Å². The Labute approximate surface area is 353 Å². The summed E-state index contributed by atoms with van der Waals surface area (Å²) in [6.07, 6.45) is 10.0. The second kappa shape index (κ2) is 16.6. The number of rotatable bonds is 9. The van der Waals surface area contributed by atoms with Gasteiger partial charge >= 0.3 is 6.09 Å². The first-order valence-corrected chi connectivity index (χ1v) is 23.0. The number of amides is 4. The summed E-state index contributed by atoms with van der Waals surface area (Å²) >= 11 is 0. The predicted octanol–water partition coefficient (Wildman–Crippen LogP) is 4.95. The SMILES string of the molecule is COc1ccc(-c2cc(O[C@@H]3C[C@H]4C(=O)N[C@]5(C(=O)NS(=O)(=O)C6CC6)C[C@H]5/C=C\CCCCC[C@@H](NC(=O)OC5CCCC5)C(=O)N4C3)n3nc4ccccc4c3n2)cc1. The van der Waals surface area contributed by atoms with Gasteiger partial charge in [-0.1, -0.05) is 37.1 Å². The quantitative estimate of drug-likeness (QED) is 0.193. The maximum Gasteiger partial charge on any atom is 0.408 e. The number of allylic oxidation sites excluding steroid dienone is 1. The fourth-order valence-corrected chi connectivity index (χ4v) is 10.3. The third kappa shape index (κ3) is 8.48. The number of ether oxygens (including phenoxy) is 3. The van der Waals surface area contributed by atoms with E-state index >= 15 is 0 Å². The number of nitrogens with one attached hydrogen (secondary N) is 3. The Morgan fingerprint density at radius 1 is 0.934 bits per heavy atom. The van der Waals surface area contributed by atoms with Gasteiger partial charge in [0.2, 0.25) is 27.7 Å². The van der Waals surface area contributed by atoms with Crippen LogP contribution in [0.3, 0.4) is 0 Å². The van der Waals surface area contributed by atoms with E-state index in [2.05, 4.69) is 15.4 Å². The van der Waals surface area contributed by atoms with Crippen LogP contribution in [0.4, 0.5) is 4.79 Å². The second-order valence-corrected chi connectivity index (χ2v) is 18.9. The van der Waals surface area contributed by atoms with Crippen LogP contribution in [-0.2, 0) is 29.1 Å². The largest absolute Gasteiger partial charge is 0.497 e. The highest BCUT2D eigenvalue weighted by Gasteiger charge is 2.62. The molecule has 3 aliphatic carbocycles. The molecule has 0 spiro atoms. The number of carbonyl (C=O) groups is 4. The molecule has 61 heavy (non-hydrogen) atoms. The zero-order valence-corrected chi connectivity index (χ0v) is 34.9. The summed E-state index contributed by atoms with van der Waals surface area (Å²) in [6.45, 7) is -0.0339. The van der Waals surface area contributed by atoms with Crippen LogP contribution in [-0.4, -0.2) is 100 Å². The third-order valence-corrected chi connectivity index (χ3v) is 14.5. The van der Waals surface area contributed by atoms with Crippen molar-refractivity contribution in [3.05, 3.63) is 66.7 Å². The lowest BCUT2D eigenvalue weighted by atomic mass is 10.0. The number of hydrogen-bond donors (Lipinski definition) is 3. The molecule has 16 nitrogen and oxygen atoms in total. The first-order valence-electron chi connectivity index (χ1n) is 21.4. The van der Waals surface area contributed by atoms with Crippen LogP contribution >= 0.6 is 0 Å². The Morgan fingerprint density at radius 3 is 2.48 bits per heavy atom. The summed E-state index contributed by atoms with van der Waals surface area (Å²) in [4.78, 5) is 63.0. The van der Waals surface area contributed by atoms with Gasteiger partial charge in [0.25, 0.3) is 5.91 Å². The number of methoxy groups -OCH3 is 1. The lowest BCUT2D eigenvalue weighted by molar-refractivity contribution is -0.141. The van der Waals surface area contributed by atoms with Gasteiger partial charge in [-0.15, -0.1) is 0 Å². The molecule has 1 saturated heterocycles. The van der Waals surface area contributed by atoms with Crippen LogP contribution < -0.4 is 24.8 Å². The minimum atomic E-state index is -3.91. The molecule has 4 aromatic rings. The first kappa shape index (κ1) is 40.7. The highest BCUT2D eigenvalue weighted by molar-refractivity contribution is 7.91. The average Bonchev–Trinajstić information content (AvgIpc) is 4.06. The van der Waals surface area contributed by atoms with E-state index in [0.717, 1.165) is 49.5 Å². The van der Waals surface area contributed by atoms with E-state index in [-0.39, 0.29) is 25.5 Å². The van der Waals surface area contributed by atoms with E-state index in [1.165, 1.54) is 4.90 Å². The third-order valence-electron chi connectivity index (χ3n) is 12.6. The van der Waals surface area contributed by atoms with Crippen molar-refractivity contribution >= 4 is 50.4 Å². The van der Waals surface area contributed by atoms with E-state index in [1.807, 2.05) is 60.7 Å². The highest BCUT2D eigenvalue weighted by Crippen LogP contribution is 2.46. The maximum absolute atomic E-state index is 14.8. The van der Waals surface area contributed by atoms with Gasteiger partial charge in [0, 0.05) is 29.4 Å². The van der Waals surface area contributed by atoms with Crippen molar-refractivity contribution in [1.82, 2.24) is 34.9 Å². The summed E-state index contributed by atoms with van der Waals surface area (Å²) < 4.78 is 47.6. The Kier molecular flexibility index (Phi) is 11.1. The van der Waals surface area contributed by atoms with Crippen LogP contribution in [0.2, 0.25) is 0 Å². The molecule has 3 N–H and O–H groups in total. The Balaban J connectivity index is 1.05. The summed E-state index contributed by atoms with van der Waals surface area (Å²) in [6, 6.07) is 14.7. The molecule has 17 heteroatoms. The molecule has 2 aromatic heterocycles. The molecule has 4 fully saturated rings. The molecular formula is C44H51N7O9S. The van der Waals surface area contributed by atoms with Crippen LogP contribution in [0.1, 0.15) is 83.5 Å². The lowest BCUT2D eigenvalue weighted by Gasteiger charge is -2.30. The van der Waals surface area contributed by atoms with E-state index < -0.39 is 68.7 Å². The summed E-state index contributed by atoms with van der Waals surface area (Å²) in [5.74, 6) is -1.32. The van der Waals surface area contributed by atoms with Gasteiger partial charge in [-0.05, 0) is 101 Å². The number of nitrogens with zero attached hydrogens (tertiary/aromatic N) is 4. The number of hydrogen-bond acceptors (Lipinski definition) is 11. The number of alkyl carbamates (subject to hydrolysis) is 1. The maximum atomic E-state index is 14.8. The molecule has 0 unspecified atom stereocenters. The lowest BCUT2D eigenvalue weighted by Crippen LogP contribution is -2.58. The normalized spacial score (nSPS) is 26.7. The Hall–Kier alpha value is -5.71. The number of sulfonamides is 1. The van der Waals surface area contributed by atoms with Crippen molar-refractivity contribution < 1.29 is 41.8 Å². The van der Waals surface area contributed by atoms with Crippen molar-refractivity contribution in [2.45, 2.75) is 119 Å². The molecule has 0 radical (unpaired) electrons. The van der Waals surface area contributed by atoms with E-state index in [0.29, 0.717) is 60.6 Å². The van der Waals surface area contributed by atoms with Gasteiger partial charge in [-0.25, -0.2) is 18.2 Å². The zero-order chi connectivity index (χ0) is 42.3. The fourth-order valence-electron chi connectivity index (χ4n) is 8.95. The van der Waals surface area contributed by atoms with Gasteiger partial charge in [0.15, 0.2) is 5.65 Å². The van der Waals surface area contributed by atoms with E-state index in [4.69, 9.17) is 24.3 Å². The van der Waals surface area contributed by atoms with Gasteiger partial charge in [0.05, 0.1) is 30.1 Å². The van der Waals surface area contributed by atoms with Crippen LogP contribution in [0.15, 0.2) is 66.7 Å². The van der Waals surface area contributed by atoms with Gasteiger partial charge in [-0.3, -0.25) is 19.1 Å². The highest BCUT2D eigenvalue weighted by atomic mass is 32.2. The van der Waals surface area contributed by atoms with Gasteiger partial charge in [0.1, 0.15) is 35.6 Å². The molecule has 4 heterocycles. The van der Waals surface area contributed by atoms with E-state index in [1.54, 1.807) is 17.7 Å². The first-order chi connectivity index (χ1) is 29.5. The van der Waals surface area contributed by atoms with Crippen molar-refractivity contribution in [1.29, 1.82) is 0 Å². The van der Waals surface area contributed by atoms with Crippen molar-refractivity contribution in [3.8, 4) is 22.9 Å². The molecule has 3 saturated carbocycles. The fraction of sp³-hybridized carbons (Fsp3) is 0.500.